The van der Waals surface area contributed by atoms with Crippen molar-refractivity contribution in [1.29, 1.82) is 0 Å². The number of carbonyl (C=O) groups excluding carboxylic acids is 1. The molecule has 5 heteroatoms. The molecule has 0 bridgehead atoms. The molecule has 1 amide bonds. The van der Waals surface area contributed by atoms with Crippen LogP contribution in [0.5, 0.6) is 0 Å². The number of hydrogen-bond acceptors (Lipinski definition) is 3. The van der Waals surface area contributed by atoms with E-state index in [1.54, 1.807) is 12.4 Å². The van der Waals surface area contributed by atoms with Gasteiger partial charge in [0.2, 0.25) is 0 Å². The Kier molecular flexibility index (Phi) is 5.48. The van der Waals surface area contributed by atoms with Crippen molar-refractivity contribution in [3.63, 3.8) is 0 Å². The summed E-state index contributed by atoms with van der Waals surface area (Å²) in [4.78, 5) is 19.0. The number of rotatable bonds is 4. The summed E-state index contributed by atoms with van der Waals surface area (Å²) in [5.41, 5.74) is 2.59. The van der Waals surface area contributed by atoms with E-state index >= 15 is 0 Å². The molecule has 3 rings (SSSR count). The highest BCUT2D eigenvalue weighted by molar-refractivity contribution is 6.30. The fourth-order valence-corrected chi connectivity index (χ4v) is 3.37. The highest BCUT2D eigenvalue weighted by Gasteiger charge is 2.24. The van der Waals surface area contributed by atoms with E-state index in [0.717, 1.165) is 37.2 Å². The van der Waals surface area contributed by atoms with Gasteiger partial charge in [0.05, 0.1) is 5.56 Å². The molecule has 0 aliphatic carbocycles. The van der Waals surface area contributed by atoms with Gasteiger partial charge in [0.15, 0.2) is 0 Å². The Hall–Kier alpha value is -1.91. The first kappa shape index (κ1) is 16.9. The molecule has 0 radical (unpaired) electrons. The predicted molar refractivity (Wildman–Crippen MR) is 97.2 cm³/mol. The van der Waals surface area contributed by atoms with E-state index in [2.05, 4.69) is 10.3 Å². The number of halogens is 1. The van der Waals surface area contributed by atoms with Gasteiger partial charge in [0, 0.05) is 36.1 Å². The van der Waals surface area contributed by atoms with E-state index in [9.17, 15) is 4.79 Å². The molecule has 1 aromatic carbocycles. The van der Waals surface area contributed by atoms with Gasteiger partial charge in [-0.25, -0.2) is 0 Å². The monoisotopic (exact) mass is 343 g/mol. The van der Waals surface area contributed by atoms with Crippen molar-refractivity contribution in [3.05, 3.63) is 53.3 Å². The number of nitrogens with zero attached hydrogens (tertiary/aromatic N) is 2. The molecule has 1 fully saturated rings. The molecular formula is C19H22ClN3O. The van der Waals surface area contributed by atoms with Crippen molar-refractivity contribution in [2.75, 3.05) is 26.7 Å². The van der Waals surface area contributed by atoms with E-state index in [0.29, 0.717) is 16.5 Å². The van der Waals surface area contributed by atoms with Gasteiger partial charge >= 0.3 is 0 Å². The molecule has 1 atom stereocenters. The Morgan fingerprint density at radius 3 is 2.83 bits per heavy atom. The van der Waals surface area contributed by atoms with Gasteiger partial charge in [0.25, 0.3) is 5.91 Å². The maximum atomic E-state index is 12.8. The van der Waals surface area contributed by atoms with Crippen molar-refractivity contribution < 1.29 is 4.79 Å². The number of nitrogens with one attached hydrogen (secondary N) is 1. The van der Waals surface area contributed by atoms with Crippen molar-refractivity contribution in [1.82, 2.24) is 15.2 Å². The van der Waals surface area contributed by atoms with Crippen LogP contribution in [0.3, 0.4) is 0 Å². The van der Waals surface area contributed by atoms with E-state index in [4.69, 9.17) is 11.6 Å². The minimum absolute atomic E-state index is 0.0686. The molecule has 4 nitrogen and oxygen atoms in total. The zero-order chi connectivity index (χ0) is 16.9. The van der Waals surface area contributed by atoms with Crippen LogP contribution < -0.4 is 5.32 Å². The number of aromatic nitrogens is 1. The molecule has 0 spiro atoms. The fraction of sp³-hybridized carbons (Fsp3) is 0.368. The maximum absolute atomic E-state index is 12.8. The number of carbonyl (C=O) groups is 1. The van der Waals surface area contributed by atoms with Crippen LogP contribution in [0.15, 0.2) is 42.7 Å². The number of hydrogen-bond donors (Lipinski definition) is 1. The van der Waals surface area contributed by atoms with Crippen molar-refractivity contribution >= 4 is 17.5 Å². The molecule has 1 unspecified atom stereocenters. The van der Waals surface area contributed by atoms with E-state index in [-0.39, 0.29) is 5.91 Å². The quantitative estimate of drug-likeness (QED) is 0.924. The maximum Gasteiger partial charge on any atom is 0.255 e. The normalized spacial score (nSPS) is 17.8. The Morgan fingerprint density at radius 1 is 1.29 bits per heavy atom. The van der Waals surface area contributed by atoms with Crippen LogP contribution in [0.25, 0.3) is 11.1 Å². The second-order valence-corrected chi connectivity index (χ2v) is 6.72. The Bertz CT molecular complexity index is 700. The van der Waals surface area contributed by atoms with Crippen molar-refractivity contribution in [2.45, 2.75) is 12.8 Å². The fourth-order valence-electron chi connectivity index (χ4n) is 3.24. The van der Waals surface area contributed by atoms with E-state index < -0.39 is 0 Å². The Balaban J connectivity index is 1.78. The van der Waals surface area contributed by atoms with Crippen LogP contribution >= 0.6 is 11.6 Å². The lowest BCUT2D eigenvalue weighted by atomic mass is 9.97. The molecule has 1 aliphatic rings. The number of likely N-dealkylation sites (tertiary alicyclic amines) is 1. The van der Waals surface area contributed by atoms with Gasteiger partial charge in [-0.1, -0.05) is 23.7 Å². The summed E-state index contributed by atoms with van der Waals surface area (Å²) in [6.45, 7) is 2.59. The third-order valence-corrected chi connectivity index (χ3v) is 4.71. The summed E-state index contributed by atoms with van der Waals surface area (Å²) in [5, 5.41) is 3.91. The summed E-state index contributed by atoms with van der Waals surface area (Å²) in [5.74, 6) is 0.597. The van der Waals surface area contributed by atoms with E-state index in [1.807, 2.05) is 42.3 Å². The molecule has 24 heavy (non-hydrogen) atoms. The second kappa shape index (κ2) is 7.77. The first-order valence-corrected chi connectivity index (χ1v) is 8.70. The molecule has 1 aromatic heterocycles. The lowest BCUT2D eigenvalue weighted by Gasteiger charge is -2.32. The SMILES string of the molecule is CNCC1CCCN(C(=O)c2cncc(-c3ccc(Cl)cc3)c2)C1. The minimum Gasteiger partial charge on any atom is -0.338 e. The summed E-state index contributed by atoms with van der Waals surface area (Å²) in [7, 11) is 1.96. The number of pyridine rings is 1. The molecule has 2 heterocycles. The molecule has 126 valence electrons. The first-order valence-electron chi connectivity index (χ1n) is 8.32. The topological polar surface area (TPSA) is 45.2 Å². The van der Waals surface area contributed by atoms with Gasteiger partial charge < -0.3 is 10.2 Å². The highest BCUT2D eigenvalue weighted by atomic mass is 35.5. The largest absolute Gasteiger partial charge is 0.338 e. The standard InChI is InChI=1S/C19H22ClN3O/c1-21-10-14-3-2-8-23(13-14)19(24)17-9-16(11-22-12-17)15-4-6-18(20)7-5-15/h4-7,9,11-12,14,21H,2-3,8,10,13H2,1H3. The van der Waals surface area contributed by atoms with Crippen LogP contribution in [0.4, 0.5) is 0 Å². The first-order chi connectivity index (χ1) is 11.7. The summed E-state index contributed by atoms with van der Waals surface area (Å²) < 4.78 is 0. The molecular weight excluding hydrogens is 322 g/mol. The number of amides is 1. The summed E-state index contributed by atoms with van der Waals surface area (Å²) in [6.07, 6.45) is 5.67. The average Bonchev–Trinajstić information content (AvgIpc) is 2.62. The highest BCUT2D eigenvalue weighted by Crippen LogP contribution is 2.23. The van der Waals surface area contributed by atoms with Gasteiger partial charge in [0.1, 0.15) is 0 Å². The van der Waals surface area contributed by atoms with Gasteiger partial charge in [-0.2, -0.15) is 0 Å². The van der Waals surface area contributed by atoms with Crippen LogP contribution in [0, 0.1) is 5.92 Å². The number of benzene rings is 1. The average molecular weight is 344 g/mol. The zero-order valence-electron chi connectivity index (χ0n) is 13.8. The summed E-state index contributed by atoms with van der Waals surface area (Å²) in [6, 6.07) is 9.49. The molecule has 1 saturated heterocycles. The second-order valence-electron chi connectivity index (χ2n) is 6.29. The van der Waals surface area contributed by atoms with Gasteiger partial charge in [-0.15, -0.1) is 0 Å². The molecule has 0 saturated carbocycles. The van der Waals surface area contributed by atoms with Crippen LogP contribution in [-0.2, 0) is 0 Å². The van der Waals surface area contributed by atoms with Gasteiger partial charge in [-0.3, -0.25) is 9.78 Å². The minimum atomic E-state index is 0.0686. The lowest BCUT2D eigenvalue weighted by molar-refractivity contribution is 0.0674. The van der Waals surface area contributed by atoms with Crippen molar-refractivity contribution in [3.8, 4) is 11.1 Å². The summed E-state index contributed by atoms with van der Waals surface area (Å²) >= 11 is 5.94. The smallest absolute Gasteiger partial charge is 0.255 e. The Labute approximate surface area is 147 Å². The van der Waals surface area contributed by atoms with E-state index in [1.165, 1.54) is 6.42 Å². The predicted octanol–water partition coefficient (Wildman–Crippen LogP) is 3.47. The third kappa shape index (κ3) is 3.94. The van der Waals surface area contributed by atoms with Gasteiger partial charge in [-0.05, 0) is 56.1 Å². The molecule has 1 aliphatic heterocycles. The van der Waals surface area contributed by atoms with Crippen molar-refractivity contribution in [2.24, 2.45) is 5.92 Å². The third-order valence-electron chi connectivity index (χ3n) is 4.46. The molecule has 2 aromatic rings. The zero-order valence-corrected chi connectivity index (χ0v) is 14.6. The van der Waals surface area contributed by atoms with Crippen LogP contribution in [-0.4, -0.2) is 42.5 Å². The van der Waals surface area contributed by atoms with Crippen LogP contribution in [0.2, 0.25) is 5.02 Å². The van der Waals surface area contributed by atoms with Crippen LogP contribution in [0.1, 0.15) is 23.2 Å². The lowest BCUT2D eigenvalue weighted by Crippen LogP contribution is -2.42. The Morgan fingerprint density at radius 2 is 2.08 bits per heavy atom. The molecule has 1 N–H and O–H groups in total. The number of piperidine rings is 1.